The fraction of sp³-hybridized carbons (Fsp3) is 0.133. The van der Waals surface area contributed by atoms with Gasteiger partial charge in [0.15, 0.2) is 0 Å². The SMILES string of the molecule is COC(=O)Cc1nc2ccc(C3=C(C)Cc4c(-c5ccccc5)c(-c5ccccc5)nn4C3=O)cc2s1. The Morgan fingerprint density at radius 1 is 0.973 bits per heavy atom. The largest absolute Gasteiger partial charge is 0.469 e. The highest BCUT2D eigenvalue weighted by molar-refractivity contribution is 7.18. The van der Waals surface area contributed by atoms with Gasteiger partial charge in [0.25, 0.3) is 5.91 Å². The van der Waals surface area contributed by atoms with E-state index in [1.807, 2.05) is 73.7 Å². The first-order valence-electron chi connectivity index (χ1n) is 12.0. The quantitative estimate of drug-likeness (QED) is 0.266. The standard InChI is InChI=1S/C30H23N3O3S/c1-18-15-23-28(19-9-5-3-6-10-19)29(20-11-7-4-8-12-20)32-33(23)30(35)27(18)21-13-14-22-24(16-21)37-25(31-22)17-26(34)36-2/h3-14,16H,15,17H2,1-2H3. The molecule has 0 amide bonds. The van der Waals surface area contributed by atoms with Crippen LogP contribution in [0.15, 0.2) is 84.4 Å². The Morgan fingerprint density at radius 3 is 2.38 bits per heavy atom. The molecule has 2 aromatic heterocycles. The van der Waals surface area contributed by atoms with Gasteiger partial charge in [-0.2, -0.15) is 9.78 Å². The fourth-order valence-corrected chi connectivity index (χ4v) is 5.88. The summed E-state index contributed by atoms with van der Waals surface area (Å²) in [6.45, 7) is 2.01. The molecule has 182 valence electrons. The Morgan fingerprint density at radius 2 is 1.68 bits per heavy atom. The van der Waals surface area contributed by atoms with E-state index in [1.54, 1.807) is 4.68 Å². The molecule has 0 saturated carbocycles. The highest BCUT2D eigenvalue weighted by Gasteiger charge is 2.31. The van der Waals surface area contributed by atoms with E-state index in [2.05, 4.69) is 17.1 Å². The summed E-state index contributed by atoms with van der Waals surface area (Å²) in [7, 11) is 1.37. The third-order valence-electron chi connectivity index (χ3n) is 6.60. The predicted octanol–water partition coefficient (Wildman–Crippen LogP) is 6.21. The van der Waals surface area contributed by atoms with E-state index in [-0.39, 0.29) is 18.3 Å². The molecule has 0 spiro atoms. The van der Waals surface area contributed by atoms with Crippen LogP contribution in [0, 0.1) is 0 Å². The number of carbonyl (C=O) groups is 2. The van der Waals surface area contributed by atoms with Crippen molar-refractivity contribution in [3.8, 4) is 22.4 Å². The number of benzene rings is 3. The third-order valence-corrected chi connectivity index (χ3v) is 7.62. The zero-order valence-electron chi connectivity index (χ0n) is 20.4. The summed E-state index contributed by atoms with van der Waals surface area (Å²) in [6, 6.07) is 25.9. The Labute approximate surface area is 217 Å². The number of fused-ring (bicyclic) bond motifs is 2. The zero-order chi connectivity index (χ0) is 25.5. The van der Waals surface area contributed by atoms with Crippen molar-refractivity contribution < 1.29 is 14.3 Å². The van der Waals surface area contributed by atoms with Crippen LogP contribution in [-0.4, -0.2) is 33.8 Å². The van der Waals surface area contributed by atoms with Crippen LogP contribution in [0.25, 0.3) is 38.2 Å². The number of rotatable bonds is 5. The molecule has 0 N–H and O–H groups in total. The molecule has 3 heterocycles. The Kier molecular flexibility index (Phi) is 5.77. The lowest BCUT2D eigenvalue weighted by atomic mass is 9.90. The monoisotopic (exact) mass is 505 g/mol. The molecule has 7 heteroatoms. The molecule has 0 bridgehead atoms. The summed E-state index contributed by atoms with van der Waals surface area (Å²) in [5.74, 6) is -0.466. The summed E-state index contributed by atoms with van der Waals surface area (Å²) in [6.07, 6.45) is 0.743. The third kappa shape index (κ3) is 4.07. The van der Waals surface area contributed by atoms with E-state index in [1.165, 1.54) is 18.4 Å². The molecule has 37 heavy (non-hydrogen) atoms. The maximum Gasteiger partial charge on any atom is 0.312 e. The topological polar surface area (TPSA) is 74.1 Å². The number of allylic oxidation sites excluding steroid dienone is 2. The van der Waals surface area contributed by atoms with Gasteiger partial charge in [0.1, 0.15) is 10.7 Å². The van der Waals surface area contributed by atoms with E-state index in [0.717, 1.165) is 49.4 Å². The number of thiazole rings is 1. The number of methoxy groups -OCH3 is 1. The maximum absolute atomic E-state index is 14.0. The van der Waals surface area contributed by atoms with Crippen molar-refractivity contribution in [2.45, 2.75) is 19.8 Å². The predicted molar refractivity (Wildman–Crippen MR) is 145 cm³/mol. The Hall–Kier alpha value is -4.36. The van der Waals surface area contributed by atoms with E-state index >= 15 is 0 Å². The molecular weight excluding hydrogens is 482 g/mol. The summed E-state index contributed by atoms with van der Waals surface area (Å²) in [5, 5.41) is 5.56. The average Bonchev–Trinajstić information content (AvgIpc) is 3.50. The molecule has 1 aliphatic rings. The number of aromatic nitrogens is 3. The smallest absolute Gasteiger partial charge is 0.312 e. The molecule has 5 aromatic rings. The van der Waals surface area contributed by atoms with Gasteiger partial charge >= 0.3 is 5.97 Å². The maximum atomic E-state index is 14.0. The highest BCUT2D eigenvalue weighted by Crippen LogP contribution is 2.40. The van der Waals surface area contributed by atoms with Crippen LogP contribution in [0.4, 0.5) is 0 Å². The summed E-state index contributed by atoms with van der Waals surface area (Å²) >= 11 is 1.44. The summed E-state index contributed by atoms with van der Waals surface area (Å²) < 4.78 is 7.27. The second kappa shape index (κ2) is 9.26. The second-order valence-electron chi connectivity index (χ2n) is 8.99. The summed E-state index contributed by atoms with van der Waals surface area (Å²) in [4.78, 5) is 30.2. The number of esters is 1. The Bertz CT molecular complexity index is 1700. The van der Waals surface area contributed by atoms with Gasteiger partial charge < -0.3 is 4.74 Å². The van der Waals surface area contributed by atoms with E-state index in [9.17, 15) is 9.59 Å². The number of hydrogen-bond donors (Lipinski definition) is 0. The van der Waals surface area contributed by atoms with Crippen molar-refractivity contribution in [2.24, 2.45) is 0 Å². The zero-order valence-corrected chi connectivity index (χ0v) is 21.2. The first kappa shape index (κ1) is 23.1. The van der Waals surface area contributed by atoms with Crippen molar-refractivity contribution in [1.29, 1.82) is 0 Å². The van der Waals surface area contributed by atoms with Crippen LogP contribution in [0.5, 0.6) is 0 Å². The van der Waals surface area contributed by atoms with Crippen LogP contribution < -0.4 is 0 Å². The van der Waals surface area contributed by atoms with Crippen LogP contribution in [-0.2, 0) is 22.4 Å². The molecule has 0 saturated heterocycles. The van der Waals surface area contributed by atoms with Gasteiger partial charge in [0.05, 0.1) is 29.4 Å². The summed E-state index contributed by atoms with van der Waals surface area (Å²) in [5.41, 5.74) is 7.97. The molecular formula is C30H23N3O3S. The lowest BCUT2D eigenvalue weighted by Crippen LogP contribution is -2.23. The number of nitrogens with zero attached hydrogens (tertiary/aromatic N) is 3. The van der Waals surface area contributed by atoms with Crippen molar-refractivity contribution in [3.05, 3.63) is 101 Å². The first-order chi connectivity index (χ1) is 18.0. The molecule has 0 radical (unpaired) electrons. The second-order valence-corrected chi connectivity index (χ2v) is 10.1. The van der Waals surface area contributed by atoms with Crippen LogP contribution >= 0.6 is 11.3 Å². The first-order valence-corrected chi connectivity index (χ1v) is 12.8. The van der Waals surface area contributed by atoms with Gasteiger partial charge in [0.2, 0.25) is 0 Å². The molecule has 1 aliphatic heterocycles. The lowest BCUT2D eigenvalue weighted by molar-refractivity contribution is -0.139. The fourth-order valence-electron chi connectivity index (χ4n) is 4.89. The Balaban J connectivity index is 1.45. The van der Waals surface area contributed by atoms with Gasteiger partial charge in [-0.15, -0.1) is 11.3 Å². The van der Waals surface area contributed by atoms with Crippen molar-refractivity contribution in [2.75, 3.05) is 7.11 Å². The minimum atomic E-state index is -0.324. The van der Waals surface area contributed by atoms with E-state index in [4.69, 9.17) is 9.84 Å². The van der Waals surface area contributed by atoms with E-state index < -0.39 is 0 Å². The molecule has 6 nitrogen and oxygen atoms in total. The average molecular weight is 506 g/mol. The molecule has 3 aromatic carbocycles. The van der Waals surface area contributed by atoms with Crippen molar-refractivity contribution in [1.82, 2.24) is 14.8 Å². The van der Waals surface area contributed by atoms with Gasteiger partial charge in [-0.25, -0.2) is 4.98 Å². The normalized spacial score (nSPS) is 13.2. The molecule has 0 atom stereocenters. The molecule has 0 fully saturated rings. The molecule has 0 aliphatic carbocycles. The minimum absolute atomic E-state index is 0.132. The highest BCUT2D eigenvalue weighted by atomic mass is 32.1. The van der Waals surface area contributed by atoms with Gasteiger partial charge in [-0.3, -0.25) is 9.59 Å². The minimum Gasteiger partial charge on any atom is -0.469 e. The number of carbonyl (C=O) groups excluding carboxylic acids is 2. The molecule has 6 rings (SSSR count). The van der Waals surface area contributed by atoms with Crippen LogP contribution in [0.3, 0.4) is 0 Å². The lowest BCUT2D eigenvalue weighted by Gasteiger charge is -2.20. The van der Waals surface area contributed by atoms with Gasteiger partial charge in [-0.05, 0) is 30.2 Å². The van der Waals surface area contributed by atoms with Crippen molar-refractivity contribution >= 4 is 39.0 Å². The van der Waals surface area contributed by atoms with Crippen LogP contribution in [0.2, 0.25) is 0 Å². The number of ether oxygens (including phenoxy) is 1. The van der Waals surface area contributed by atoms with Gasteiger partial charge in [0, 0.05) is 23.1 Å². The van der Waals surface area contributed by atoms with Crippen molar-refractivity contribution in [3.63, 3.8) is 0 Å². The molecule has 0 unspecified atom stereocenters. The van der Waals surface area contributed by atoms with E-state index in [0.29, 0.717) is 17.0 Å². The number of hydrogen-bond acceptors (Lipinski definition) is 6. The van der Waals surface area contributed by atoms with Crippen LogP contribution in [0.1, 0.15) is 28.0 Å². The van der Waals surface area contributed by atoms with Gasteiger partial charge in [-0.1, -0.05) is 72.3 Å².